The molecule has 0 aliphatic carbocycles. The van der Waals surface area contributed by atoms with Gasteiger partial charge in [-0.05, 0) is 73.6 Å². The van der Waals surface area contributed by atoms with E-state index in [0.717, 1.165) is 18.7 Å². The first kappa shape index (κ1) is 27.4. The van der Waals surface area contributed by atoms with Crippen LogP contribution in [0.4, 0.5) is 5.69 Å². The Morgan fingerprint density at radius 1 is 1.14 bits per heavy atom. The summed E-state index contributed by atoms with van der Waals surface area (Å²) in [5, 5.41) is 3.07. The van der Waals surface area contributed by atoms with Gasteiger partial charge >= 0.3 is 0 Å². The number of hydrogen-bond acceptors (Lipinski definition) is 6. The molecule has 2 heterocycles. The first-order chi connectivity index (χ1) is 17.8. The monoisotopic (exact) mass is 529 g/mol. The first-order valence-electron chi connectivity index (χ1n) is 13.2. The topological polar surface area (TPSA) is 88.2 Å². The molecule has 2 aliphatic heterocycles. The van der Waals surface area contributed by atoms with E-state index in [2.05, 4.69) is 41.4 Å². The molecule has 2 aromatic carbocycles. The van der Waals surface area contributed by atoms with Crippen molar-refractivity contribution in [2.45, 2.75) is 50.5 Å². The number of nitrogens with one attached hydrogen (secondary N) is 1. The molecule has 0 unspecified atom stereocenters. The van der Waals surface area contributed by atoms with E-state index in [0.29, 0.717) is 50.0 Å². The normalized spacial score (nSPS) is 19.9. The van der Waals surface area contributed by atoms with E-state index in [4.69, 9.17) is 9.47 Å². The van der Waals surface area contributed by atoms with Gasteiger partial charge < -0.3 is 19.7 Å². The second-order valence-electron chi connectivity index (χ2n) is 10.1. The number of nitrogens with zero attached hydrogens (tertiary/aromatic N) is 2. The fraction of sp³-hybridized carbons (Fsp3) is 0.536. The van der Waals surface area contributed by atoms with E-state index in [1.165, 1.54) is 22.8 Å². The van der Waals surface area contributed by atoms with Gasteiger partial charge in [-0.3, -0.25) is 4.79 Å². The number of methoxy groups -OCH3 is 1. The van der Waals surface area contributed by atoms with E-state index >= 15 is 0 Å². The molecule has 2 aliphatic rings. The summed E-state index contributed by atoms with van der Waals surface area (Å²) < 4.78 is 38.3. The molecule has 0 spiro atoms. The minimum atomic E-state index is -3.62. The fourth-order valence-corrected chi connectivity index (χ4v) is 6.55. The maximum absolute atomic E-state index is 13.1. The Balaban J connectivity index is 1.36. The lowest BCUT2D eigenvalue weighted by molar-refractivity contribution is -0.121. The third kappa shape index (κ3) is 6.83. The van der Waals surface area contributed by atoms with Crippen molar-refractivity contribution in [1.82, 2.24) is 9.62 Å². The van der Waals surface area contributed by atoms with Crippen LogP contribution in [0.15, 0.2) is 47.4 Å². The number of morpholine rings is 1. The minimum absolute atomic E-state index is 0.0927. The Kier molecular flexibility index (Phi) is 9.10. The van der Waals surface area contributed by atoms with Crippen molar-refractivity contribution in [3.63, 3.8) is 0 Å². The van der Waals surface area contributed by atoms with Gasteiger partial charge in [0.1, 0.15) is 5.75 Å². The number of rotatable bonds is 9. The van der Waals surface area contributed by atoms with Crippen molar-refractivity contribution in [3.8, 4) is 5.75 Å². The third-order valence-electron chi connectivity index (χ3n) is 7.27. The minimum Gasteiger partial charge on any atom is -0.496 e. The number of anilines is 1. The predicted octanol–water partition coefficient (Wildman–Crippen LogP) is 3.76. The van der Waals surface area contributed by atoms with E-state index in [1.54, 1.807) is 25.3 Å². The summed E-state index contributed by atoms with van der Waals surface area (Å²) in [5.74, 6) is 1.19. The highest BCUT2D eigenvalue weighted by Gasteiger charge is 2.27. The molecule has 1 N–H and O–H groups in total. The molecular weight excluding hydrogens is 490 g/mol. The molecule has 2 saturated heterocycles. The van der Waals surface area contributed by atoms with Crippen molar-refractivity contribution in [1.29, 1.82) is 0 Å². The molecule has 8 nitrogen and oxygen atoms in total. The Bertz CT molecular complexity index is 1160. The molecule has 2 atom stereocenters. The molecular formula is C28H39N3O5S. The van der Waals surface area contributed by atoms with Crippen LogP contribution in [-0.4, -0.2) is 65.1 Å². The largest absolute Gasteiger partial charge is 0.496 e. The number of hydrogen-bond donors (Lipinski definition) is 1. The van der Waals surface area contributed by atoms with Gasteiger partial charge in [0.2, 0.25) is 15.9 Å². The Morgan fingerprint density at radius 3 is 2.54 bits per heavy atom. The van der Waals surface area contributed by atoms with Gasteiger partial charge in [-0.1, -0.05) is 19.1 Å². The van der Waals surface area contributed by atoms with Crippen molar-refractivity contribution in [2.75, 3.05) is 51.4 Å². The van der Waals surface area contributed by atoms with Crippen molar-refractivity contribution in [2.24, 2.45) is 5.92 Å². The number of amides is 1. The number of piperidine rings is 1. The van der Waals surface area contributed by atoms with Gasteiger partial charge in [0, 0.05) is 38.3 Å². The highest BCUT2D eigenvalue weighted by Crippen LogP contribution is 2.27. The second kappa shape index (κ2) is 12.3. The van der Waals surface area contributed by atoms with E-state index in [-0.39, 0.29) is 23.3 Å². The smallest absolute Gasteiger partial charge is 0.243 e. The van der Waals surface area contributed by atoms with Crippen LogP contribution >= 0.6 is 0 Å². The van der Waals surface area contributed by atoms with Crippen LogP contribution in [0, 0.1) is 5.92 Å². The maximum atomic E-state index is 13.1. The summed E-state index contributed by atoms with van der Waals surface area (Å²) in [6.45, 7) is 7.91. The van der Waals surface area contributed by atoms with Crippen molar-refractivity contribution in [3.05, 3.63) is 53.6 Å². The zero-order chi connectivity index (χ0) is 26.4. The lowest BCUT2D eigenvalue weighted by atomic mass is 9.99. The van der Waals surface area contributed by atoms with Crippen LogP contribution in [0.2, 0.25) is 0 Å². The van der Waals surface area contributed by atoms with Crippen LogP contribution in [0.1, 0.15) is 50.3 Å². The SMILES string of the molecule is COc1ccc(S(=O)(=O)N2CCOCC2)cc1CCC(=O)N[C@@H](C)c1ccc(N2CCC[C@@H](C)C2)cc1. The van der Waals surface area contributed by atoms with Gasteiger partial charge in [0.05, 0.1) is 31.3 Å². The highest BCUT2D eigenvalue weighted by atomic mass is 32.2. The summed E-state index contributed by atoms with van der Waals surface area (Å²) in [4.78, 5) is 15.4. The molecule has 1 amide bonds. The van der Waals surface area contributed by atoms with Gasteiger partial charge in [0.25, 0.3) is 0 Å². The quantitative estimate of drug-likeness (QED) is 0.532. The molecule has 0 saturated carbocycles. The summed E-state index contributed by atoms with van der Waals surface area (Å²) in [7, 11) is -2.08. The van der Waals surface area contributed by atoms with Gasteiger partial charge in [0.15, 0.2) is 0 Å². The highest BCUT2D eigenvalue weighted by molar-refractivity contribution is 7.89. The molecule has 4 rings (SSSR count). The average Bonchev–Trinajstić information content (AvgIpc) is 2.92. The number of aryl methyl sites for hydroxylation is 1. The number of sulfonamides is 1. The predicted molar refractivity (Wildman–Crippen MR) is 145 cm³/mol. The standard InChI is InChI=1S/C28H39N3O5S/c1-21-5-4-14-30(20-21)25-9-6-23(7-10-25)22(2)29-28(32)13-8-24-19-26(11-12-27(24)35-3)37(33,34)31-15-17-36-18-16-31/h6-7,9-12,19,21-22H,4-5,8,13-18,20H2,1-3H3,(H,29,32)/t21-,22+/m1/s1. The Labute approximate surface area is 221 Å². The Hall–Kier alpha value is -2.62. The second-order valence-corrected chi connectivity index (χ2v) is 12.0. The molecule has 202 valence electrons. The number of carbonyl (C=O) groups excluding carboxylic acids is 1. The van der Waals surface area contributed by atoms with Crippen LogP contribution in [0.5, 0.6) is 5.75 Å². The fourth-order valence-electron chi connectivity index (χ4n) is 5.09. The zero-order valence-electron chi connectivity index (χ0n) is 22.1. The summed E-state index contributed by atoms with van der Waals surface area (Å²) in [5.41, 5.74) is 2.98. The van der Waals surface area contributed by atoms with Crippen LogP contribution in [-0.2, 0) is 26.0 Å². The molecule has 9 heteroatoms. The molecule has 0 aromatic heterocycles. The lowest BCUT2D eigenvalue weighted by Gasteiger charge is -2.33. The third-order valence-corrected chi connectivity index (χ3v) is 9.17. The average molecular weight is 530 g/mol. The first-order valence-corrected chi connectivity index (χ1v) is 14.6. The van der Waals surface area contributed by atoms with Crippen molar-refractivity contribution < 1.29 is 22.7 Å². The number of ether oxygens (including phenoxy) is 2. The molecule has 2 aromatic rings. The molecule has 0 bridgehead atoms. The van der Waals surface area contributed by atoms with Crippen LogP contribution < -0.4 is 15.0 Å². The van der Waals surface area contributed by atoms with E-state index in [1.807, 2.05) is 6.92 Å². The van der Waals surface area contributed by atoms with Gasteiger partial charge in [-0.15, -0.1) is 0 Å². The zero-order valence-corrected chi connectivity index (χ0v) is 22.9. The summed E-state index contributed by atoms with van der Waals surface area (Å²) in [6.07, 6.45) is 3.12. The maximum Gasteiger partial charge on any atom is 0.243 e. The molecule has 37 heavy (non-hydrogen) atoms. The molecule has 2 fully saturated rings. The summed E-state index contributed by atoms with van der Waals surface area (Å²) >= 11 is 0. The molecule has 0 radical (unpaired) electrons. The van der Waals surface area contributed by atoms with E-state index < -0.39 is 10.0 Å². The summed E-state index contributed by atoms with van der Waals surface area (Å²) in [6, 6.07) is 13.2. The van der Waals surface area contributed by atoms with Crippen LogP contribution in [0.25, 0.3) is 0 Å². The van der Waals surface area contributed by atoms with Gasteiger partial charge in [-0.25, -0.2) is 8.42 Å². The lowest BCUT2D eigenvalue weighted by Crippen LogP contribution is -2.40. The van der Waals surface area contributed by atoms with Gasteiger partial charge in [-0.2, -0.15) is 4.31 Å². The number of benzene rings is 2. The van der Waals surface area contributed by atoms with Crippen molar-refractivity contribution >= 4 is 21.6 Å². The van der Waals surface area contributed by atoms with Crippen LogP contribution in [0.3, 0.4) is 0 Å². The Morgan fingerprint density at radius 2 is 1.86 bits per heavy atom. The number of carbonyl (C=O) groups is 1. The van der Waals surface area contributed by atoms with E-state index in [9.17, 15) is 13.2 Å².